The van der Waals surface area contributed by atoms with E-state index in [0.29, 0.717) is 11.4 Å². The molecule has 1 aromatic heterocycles. The maximum absolute atomic E-state index is 11.9. The molecule has 0 saturated carbocycles. The van der Waals surface area contributed by atoms with Gasteiger partial charge < -0.3 is 10.7 Å². The van der Waals surface area contributed by atoms with Gasteiger partial charge in [-0.15, -0.1) is 0 Å². The van der Waals surface area contributed by atoms with E-state index >= 15 is 0 Å². The molecule has 8 heteroatoms. The van der Waals surface area contributed by atoms with Crippen LogP contribution in [0.15, 0.2) is 40.2 Å². The minimum absolute atomic E-state index is 0.0141. The zero-order valence-electron chi connectivity index (χ0n) is 8.51. The van der Waals surface area contributed by atoms with Crippen molar-refractivity contribution in [3.8, 4) is 0 Å². The summed E-state index contributed by atoms with van der Waals surface area (Å²) in [4.78, 5) is 6.17. The molecule has 2 rings (SSSR count). The lowest BCUT2D eigenvalue weighted by Gasteiger charge is -2.08. The van der Waals surface area contributed by atoms with Crippen LogP contribution in [0, 0.1) is 0 Å². The Hall–Kier alpha value is -1.54. The second-order valence-electron chi connectivity index (χ2n) is 3.25. The number of H-pyrrole nitrogens is 1. The molecule has 17 heavy (non-hydrogen) atoms. The van der Waals surface area contributed by atoms with Crippen LogP contribution >= 0.6 is 15.9 Å². The zero-order chi connectivity index (χ0) is 12.5. The third-order valence-corrected chi connectivity index (χ3v) is 3.80. The largest absolute Gasteiger partial charge is 0.397 e. The monoisotopic (exact) mass is 316 g/mol. The van der Waals surface area contributed by atoms with Crippen molar-refractivity contribution in [1.29, 1.82) is 0 Å². The van der Waals surface area contributed by atoms with Gasteiger partial charge in [0.1, 0.15) is 0 Å². The summed E-state index contributed by atoms with van der Waals surface area (Å²) in [6, 6.07) is 4.89. The number of nitrogens with zero attached hydrogens (tertiary/aromatic N) is 1. The Morgan fingerprint density at radius 3 is 2.76 bits per heavy atom. The molecule has 0 atom stereocenters. The summed E-state index contributed by atoms with van der Waals surface area (Å²) < 4.78 is 26.8. The average molecular weight is 317 g/mol. The highest BCUT2D eigenvalue weighted by molar-refractivity contribution is 9.10. The quantitative estimate of drug-likeness (QED) is 0.748. The van der Waals surface area contributed by atoms with E-state index in [-0.39, 0.29) is 5.03 Å². The fraction of sp³-hybridized carbons (Fsp3) is 0. The summed E-state index contributed by atoms with van der Waals surface area (Å²) >= 11 is 3.24. The van der Waals surface area contributed by atoms with Gasteiger partial charge in [-0.3, -0.25) is 4.72 Å². The molecule has 1 aromatic carbocycles. The van der Waals surface area contributed by atoms with Gasteiger partial charge in [0.2, 0.25) is 0 Å². The van der Waals surface area contributed by atoms with Crippen LogP contribution in [0.2, 0.25) is 0 Å². The molecule has 0 aliphatic heterocycles. The van der Waals surface area contributed by atoms with Crippen molar-refractivity contribution in [2.24, 2.45) is 0 Å². The maximum Gasteiger partial charge on any atom is 0.279 e. The maximum atomic E-state index is 11.9. The number of hydrogen-bond acceptors (Lipinski definition) is 4. The van der Waals surface area contributed by atoms with Gasteiger partial charge in [0, 0.05) is 4.47 Å². The van der Waals surface area contributed by atoms with Gasteiger partial charge >= 0.3 is 0 Å². The fourth-order valence-corrected chi connectivity index (χ4v) is 2.59. The van der Waals surface area contributed by atoms with Gasteiger partial charge in [-0.1, -0.05) is 15.9 Å². The minimum Gasteiger partial charge on any atom is -0.397 e. The molecule has 0 aliphatic carbocycles. The first-order valence-electron chi connectivity index (χ1n) is 4.55. The third kappa shape index (κ3) is 2.59. The minimum atomic E-state index is -3.67. The number of imidazole rings is 1. The Morgan fingerprint density at radius 2 is 2.18 bits per heavy atom. The Balaban J connectivity index is 2.33. The van der Waals surface area contributed by atoms with Crippen LogP contribution in [0.25, 0.3) is 0 Å². The Morgan fingerprint density at radius 1 is 1.41 bits per heavy atom. The highest BCUT2D eigenvalue weighted by atomic mass is 79.9. The van der Waals surface area contributed by atoms with Crippen molar-refractivity contribution < 1.29 is 8.42 Å². The zero-order valence-corrected chi connectivity index (χ0v) is 10.9. The summed E-state index contributed by atoms with van der Waals surface area (Å²) in [5.74, 6) is 0. The Bertz CT molecular complexity index is 624. The molecule has 0 fully saturated rings. The second kappa shape index (κ2) is 4.38. The number of aromatic amines is 1. The lowest BCUT2D eigenvalue weighted by Crippen LogP contribution is -2.14. The predicted octanol–water partition coefficient (Wildman–Crippen LogP) is 1.56. The van der Waals surface area contributed by atoms with Gasteiger partial charge in [0.25, 0.3) is 10.0 Å². The molecule has 0 spiro atoms. The number of sulfonamides is 1. The lowest BCUT2D eigenvalue weighted by molar-refractivity contribution is 0.598. The highest BCUT2D eigenvalue weighted by Gasteiger charge is 2.16. The molecule has 2 aromatic rings. The van der Waals surface area contributed by atoms with Gasteiger partial charge in [-0.25, -0.2) is 4.98 Å². The van der Waals surface area contributed by atoms with Crippen molar-refractivity contribution in [2.75, 3.05) is 10.5 Å². The molecule has 0 bridgehead atoms. The van der Waals surface area contributed by atoms with Crippen molar-refractivity contribution in [3.63, 3.8) is 0 Å². The SMILES string of the molecule is Nc1cc(Br)ccc1NS(=O)(=O)c1cnc[nH]1. The number of nitrogens with two attached hydrogens (primary N) is 1. The van der Waals surface area contributed by atoms with Crippen LogP contribution in [0.5, 0.6) is 0 Å². The van der Waals surface area contributed by atoms with E-state index in [0.717, 1.165) is 4.47 Å². The summed E-state index contributed by atoms with van der Waals surface area (Å²) in [7, 11) is -3.67. The van der Waals surface area contributed by atoms with E-state index in [9.17, 15) is 8.42 Å². The molecule has 0 aliphatic rings. The van der Waals surface area contributed by atoms with Gasteiger partial charge in [0.15, 0.2) is 5.03 Å². The summed E-state index contributed by atoms with van der Waals surface area (Å²) in [6.45, 7) is 0. The first-order chi connectivity index (χ1) is 7.99. The van der Waals surface area contributed by atoms with Crippen LogP contribution in [0.1, 0.15) is 0 Å². The number of nitrogens with one attached hydrogen (secondary N) is 2. The molecule has 90 valence electrons. The van der Waals surface area contributed by atoms with Crippen LogP contribution < -0.4 is 10.5 Å². The van der Waals surface area contributed by atoms with E-state index < -0.39 is 10.0 Å². The second-order valence-corrected chi connectivity index (χ2v) is 5.82. The standard InChI is InChI=1S/C9H9BrN4O2S/c10-6-1-2-8(7(11)3-6)14-17(15,16)9-4-12-5-13-9/h1-5,14H,11H2,(H,12,13). The van der Waals surface area contributed by atoms with E-state index in [1.165, 1.54) is 12.5 Å². The van der Waals surface area contributed by atoms with Gasteiger partial charge in [0.05, 0.1) is 23.9 Å². The summed E-state index contributed by atoms with van der Waals surface area (Å²) in [5, 5.41) is -0.0141. The molecule has 1 heterocycles. The van der Waals surface area contributed by atoms with Crippen LogP contribution in [-0.4, -0.2) is 18.4 Å². The topological polar surface area (TPSA) is 101 Å². The molecular formula is C9H9BrN4O2S. The van der Waals surface area contributed by atoms with Crippen molar-refractivity contribution in [2.45, 2.75) is 5.03 Å². The van der Waals surface area contributed by atoms with E-state index in [4.69, 9.17) is 5.73 Å². The number of halogens is 1. The predicted molar refractivity (Wildman–Crippen MR) is 68.0 cm³/mol. The van der Waals surface area contributed by atoms with Gasteiger partial charge in [-0.2, -0.15) is 8.42 Å². The molecular weight excluding hydrogens is 308 g/mol. The number of hydrogen-bond donors (Lipinski definition) is 3. The number of anilines is 2. The number of aromatic nitrogens is 2. The van der Waals surface area contributed by atoms with Crippen molar-refractivity contribution in [1.82, 2.24) is 9.97 Å². The number of benzene rings is 1. The Kier molecular flexibility index (Phi) is 3.07. The normalized spacial score (nSPS) is 11.4. The van der Waals surface area contributed by atoms with Crippen molar-refractivity contribution >= 4 is 37.3 Å². The molecule has 6 nitrogen and oxygen atoms in total. The summed E-state index contributed by atoms with van der Waals surface area (Å²) in [5.41, 5.74) is 6.36. The number of nitrogen functional groups attached to an aromatic ring is 1. The van der Waals surface area contributed by atoms with Crippen LogP contribution in [-0.2, 0) is 10.0 Å². The van der Waals surface area contributed by atoms with Crippen molar-refractivity contribution in [3.05, 3.63) is 35.2 Å². The summed E-state index contributed by atoms with van der Waals surface area (Å²) in [6.07, 6.45) is 2.51. The molecule has 0 unspecified atom stereocenters. The Labute approximate surface area is 106 Å². The van der Waals surface area contributed by atoms with E-state index in [1.807, 2.05) is 0 Å². The molecule has 0 radical (unpaired) electrons. The fourth-order valence-electron chi connectivity index (χ4n) is 1.22. The molecule has 0 amide bonds. The third-order valence-electron chi connectivity index (χ3n) is 2.02. The highest BCUT2D eigenvalue weighted by Crippen LogP contribution is 2.24. The molecule has 4 N–H and O–H groups in total. The molecule has 0 saturated heterocycles. The van der Waals surface area contributed by atoms with Crippen LogP contribution in [0.3, 0.4) is 0 Å². The average Bonchev–Trinajstić information content (AvgIpc) is 2.76. The first kappa shape index (κ1) is 11.9. The number of rotatable bonds is 3. The van der Waals surface area contributed by atoms with Crippen LogP contribution in [0.4, 0.5) is 11.4 Å². The smallest absolute Gasteiger partial charge is 0.279 e. The van der Waals surface area contributed by atoms with E-state index in [2.05, 4.69) is 30.6 Å². The van der Waals surface area contributed by atoms with Gasteiger partial charge in [-0.05, 0) is 18.2 Å². The van der Waals surface area contributed by atoms with E-state index in [1.54, 1.807) is 18.2 Å². The lowest BCUT2D eigenvalue weighted by atomic mass is 10.3. The first-order valence-corrected chi connectivity index (χ1v) is 6.83.